The molecule has 1 saturated heterocycles. The number of hydrazone groups is 1. The summed E-state index contributed by atoms with van der Waals surface area (Å²) >= 11 is 2.20. The number of halogens is 1. The SMILES string of the molecule is CCOc1cc(C=NN2C(=O)[C@@H]3[C@H](C2=O)[C@H]2C=C[C@H]3C2)cc(I)c1OC(C)(C)C. The number of hydrogen-bond acceptors (Lipinski definition) is 5. The summed E-state index contributed by atoms with van der Waals surface area (Å²) in [4.78, 5) is 25.5. The van der Waals surface area contributed by atoms with E-state index in [1.807, 2.05) is 39.8 Å². The highest BCUT2D eigenvalue weighted by Gasteiger charge is 2.59. The van der Waals surface area contributed by atoms with Crippen LogP contribution < -0.4 is 9.47 Å². The molecule has 4 rings (SSSR count). The lowest BCUT2D eigenvalue weighted by Crippen LogP contribution is -2.28. The molecule has 2 fully saturated rings. The van der Waals surface area contributed by atoms with Crippen molar-refractivity contribution in [3.8, 4) is 11.5 Å². The number of nitrogens with zero attached hydrogens (tertiary/aromatic N) is 2. The first kappa shape index (κ1) is 20.4. The van der Waals surface area contributed by atoms with Gasteiger partial charge in [0.05, 0.1) is 28.2 Å². The third kappa shape index (κ3) is 3.69. The van der Waals surface area contributed by atoms with Gasteiger partial charge in [0.25, 0.3) is 11.8 Å². The van der Waals surface area contributed by atoms with Gasteiger partial charge in [0.1, 0.15) is 5.60 Å². The smallest absolute Gasteiger partial charge is 0.254 e. The fraction of sp³-hybridized carbons (Fsp3) is 0.500. The van der Waals surface area contributed by atoms with E-state index in [0.29, 0.717) is 18.1 Å². The Labute approximate surface area is 184 Å². The number of allylic oxidation sites excluding steroid dienone is 2. The van der Waals surface area contributed by atoms with Gasteiger partial charge in [0.2, 0.25) is 0 Å². The van der Waals surface area contributed by atoms with E-state index < -0.39 is 0 Å². The van der Waals surface area contributed by atoms with E-state index in [1.165, 1.54) is 0 Å². The Hall–Kier alpha value is -1.90. The van der Waals surface area contributed by atoms with Crippen LogP contribution in [0.3, 0.4) is 0 Å². The third-order valence-electron chi connectivity index (χ3n) is 5.51. The maximum Gasteiger partial charge on any atom is 0.254 e. The largest absolute Gasteiger partial charge is 0.490 e. The van der Waals surface area contributed by atoms with Crippen molar-refractivity contribution >= 4 is 40.6 Å². The molecular weight excluding hydrogens is 483 g/mol. The zero-order valence-corrected chi connectivity index (χ0v) is 19.2. The molecule has 7 heteroatoms. The average molecular weight is 508 g/mol. The molecule has 1 aromatic rings. The number of benzene rings is 1. The van der Waals surface area contributed by atoms with E-state index in [0.717, 1.165) is 20.6 Å². The minimum Gasteiger partial charge on any atom is -0.490 e. The summed E-state index contributed by atoms with van der Waals surface area (Å²) in [5.74, 6) is 0.826. The monoisotopic (exact) mass is 508 g/mol. The molecule has 0 unspecified atom stereocenters. The Morgan fingerprint density at radius 3 is 2.34 bits per heavy atom. The Kier molecular flexibility index (Phi) is 5.21. The van der Waals surface area contributed by atoms with Crippen molar-refractivity contribution in [2.45, 2.75) is 39.7 Å². The quantitative estimate of drug-likeness (QED) is 0.261. The van der Waals surface area contributed by atoms with E-state index in [-0.39, 0.29) is 41.1 Å². The molecule has 2 aliphatic carbocycles. The molecule has 0 N–H and O–H groups in total. The van der Waals surface area contributed by atoms with Gasteiger partial charge in [-0.15, -0.1) is 0 Å². The second-order valence-electron chi connectivity index (χ2n) is 8.71. The molecule has 29 heavy (non-hydrogen) atoms. The lowest BCUT2D eigenvalue weighted by atomic mass is 9.85. The van der Waals surface area contributed by atoms with Crippen molar-refractivity contribution in [3.05, 3.63) is 33.4 Å². The number of ether oxygens (including phenoxy) is 2. The fourth-order valence-electron chi connectivity index (χ4n) is 4.46. The van der Waals surface area contributed by atoms with Crippen LogP contribution in [0.5, 0.6) is 11.5 Å². The lowest BCUT2D eigenvalue weighted by molar-refractivity contribution is -0.140. The van der Waals surface area contributed by atoms with E-state index in [1.54, 1.807) is 6.21 Å². The molecule has 6 nitrogen and oxygen atoms in total. The first-order valence-electron chi connectivity index (χ1n) is 9.95. The molecule has 154 valence electrons. The first-order chi connectivity index (χ1) is 13.7. The Balaban J connectivity index is 1.59. The van der Waals surface area contributed by atoms with Gasteiger partial charge in [-0.25, -0.2) is 0 Å². The summed E-state index contributed by atoms with van der Waals surface area (Å²) in [6, 6.07) is 3.73. The molecule has 0 radical (unpaired) electrons. The van der Waals surface area contributed by atoms with Crippen LogP contribution in [0, 0.1) is 27.2 Å². The predicted octanol–water partition coefficient (Wildman–Crippen LogP) is 4.01. The number of rotatable bonds is 5. The number of hydrogen-bond donors (Lipinski definition) is 0. The summed E-state index contributed by atoms with van der Waals surface area (Å²) in [6.07, 6.45) is 6.62. The predicted molar refractivity (Wildman–Crippen MR) is 118 cm³/mol. The van der Waals surface area contributed by atoms with Crippen molar-refractivity contribution in [1.82, 2.24) is 5.01 Å². The average Bonchev–Trinajstić information content (AvgIpc) is 3.30. The van der Waals surface area contributed by atoms with E-state index in [2.05, 4.69) is 39.8 Å². The van der Waals surface area contributed by atoms with Crippen LogP contribution in [0.25, 0.3) is 0 Å². The number of amides is 2. The van der Waals surface area contributed by atoms with Crippen LogP contribution in [-0.4, -0.2) is 35.2 Å². The second-order valence-corrected chi connectivity index (χ2v) is 9.87. The summed E-state index contributed by atoms with van der Waals surface area (Å²) < 4.78 is 12.7. The van der Waals surface area contributed by atoms with Gasteiger partial charge in [0.15, 0.2) is 11.5 Å². The second kappa shape index (κ2) is 7.41. The topological polar surface area (TPSA) is 68.2 Å². The number of imide groups is 1. The summed E-state index contributed by atoms with van der Waals surface area (Å²) in [6.45, 7) is 8.36. The zero-order valence-electron chi connectivity index (χ0n) is 17.0. The highest BCUT2D eigenvalue weighted by atomic mass is 127. The van der Waals surface area contributed by atoms with Gasteiger partial charge in [-0.05, 0) is 86.2 Å². The number of carbonyl (C=O) groups is 2. The lowest BCUT2D eigenvalue weighted by Gasteiger charge is -2.24. The van der Waals surface area contributed by atoms with E-state index in [9.17, 15) is 9.59 Å². The number of fused-ring (bicyclic) bond motifs is 5. The molecule has 1 aliphatic heterocycles. The molecule has 3 aliphatic rings. The third-order valence-corrected chi connectivity index (χ3v) is 6.31. The van der Waals surface area contributed by atoms with Gasteiger partial charge in [-0.1, -0.05) is 12.2 Å². The minimum atomic E-state index is -0.360. The van der Waals surface area contributed by atoms with Crippen molar-refractivity contribution in [3.63, 3.8) is 0 Å². The highest BCUT2D eigenvalue weighted by molar-refractivity contribution is 14.1. The molecule has 0 aromatic heterocycles. The molecule has 4 atom stereocenters. The molecule has 2 amide bonds. The van der Waals surface area contributed by atoms with Crippen LogP contribution in [0.15, 0.2) is 29.4 Å². The Morgan fingerprint density at radius 1 is 1.17 bits per heavy atom. The van der Waals surface area contributed by atoms with Crippen molar-refractivity contribution in [1.29, 1.82) is 0 Å². The molecule has 1 heterocycles. The molecule has 0 spiro atoms. The minimum absolute atomic E-state index is 0.180. The van der Waals surface area contributed by atoms with E-state index >= 15 is 0 Å². The number of carbonyl (C=O) groups excluding carboxylic acids is 2. The molecule has 2 bridgehead atoms. The van der Waals surface area contributed by atoms with Gasteiger partial charge >= 0.3 is 0 Å². The molecule has 1 saturated carbocycles. The summed E-state index contributed by atoms with van der Waals surface area (Å²) in [7, 11) is 0. The van der Waals surface area contributed by atoms with Crippen LogP contribution in [0.4, 0.5) is 0 Å². The normalized spacial score (nSPS) is 28.0. The standard InChI is InChI=1S/C22H25IN2O4/c1-5-28-16-9-12(8-15(23)19(16)29-22(2,3)4)11-24-25-20(26)17-13-6-7-14(10-13)18(17)21(25)27/h6-9,11,13-14,17-18H,5,10H2,1-4H3/t13-,14-,17-,18+/m0/s1. The van der Waals surface area contributed by atoms with Crippen molar-refractivity contribution < 1.29 is 19.1 Å². The van der Waals surface area contributed by atoms with Gasteiger partial charge in [-0.2, -0.15) is 10.1 Å². The van der Waals surface area contributed by atoms with Crippen molar-refractivity contribution in [2.24, 2.45) is 28.8 Å². The molecule has 1 aromatic carbocycles. The zero-order chi connectivity index (χ0) is 20.9. The van der Waals surface area contributed by atoms with E-state index in [4.69, 9.17) is 9.47 Å². The van der Waals surface area contributed by atoms with Gasteiger partial charge in [-0.3, -0.25) is 9.59 Å². The summed E-state index contributed by atoms with van der Waals surface area (Å²) in [5.41, 5.74) is 0.388. The van der Waals surface area contributed by atoms with Crippen LogP contribution in [0.1, 0.15) is 39.7 Å². The van der Waals surface area contributed by atoms with Gasteiger partial charge < -0.3 is 9.47 Å². The van der Waals surface area contributed by atoms with Crippen LogP contribution >= 0.6 is 22.6 Å². The van der Waals surface area contributed by atoms with Crippen LogP contribution in [0.2, 0.25) is 0 Å². The Morgan fingerprint density at radius 2 is 1.79 bits per heavy atom. The maximum atomic E-state index is 12.8. The first-order valence-corrected chi connectivity index (χ1v) is 11.0. The van der Waals surface area contributed by atoms with Gasteiger partial charge in [0, 0.05) is 0 Å². The highest BCUT2D eigenvalue weighted by Crippen LogP contribution is 2.52. The van der Waals surface area contributed by atoms with Crippen molar-refractivity contribution in [2.75, 3.05) is 6.61 Å². The fourth-order valence-corrected chi connectivity index (χ4v) is 5.19. The van der Waals surface area contributed by atoms with Crippen LogP contribution in [-0.2, 0) is 9.59 Å². The molecular formula is C22H25IN2O4. The summed E-state index contributed by atoms with van der Waals surface area (Å²) in [5, 5.41) is 5.33. The Bertz CT molecular complexity index is 888. The maximum absolute atomic E-state index is 12.8.